The van der Waals surface area contributed by atoms with Crippen LogP contribution in [0.2, 0.25) is 0 Å². The van der Waals surface area contributed by atoms with Crippen LogP contribution in [0, 0.1) is 10.1 Å². The SMILES string of the molecule is C=CCN(C(CCc1ccccc1)C(=O)NC1CCCCC1)[N+](=O)[O-]. The Morgan fingerprint density at radius 1 is 1.32 bits per heavy atom. The van der Waals surface area contributed by atoms with Crippen molar-refractivity contribution in [1.29, 1.82) is 0 Å². The summed E-state index contributed by atoms with van der Waals surface area (Å²) in [6, 6.07) is 9.08. The van der Waals surface area contributed by atoms with Gasteiger partial charge < -0.3 is 5.32 Å². The summed E-state index contributed by atoms with van der Waals surface area (Å²) in [5.74, 6) is -0.249. The number of rotatable bonds is 9. The molecule has 136 valence electrons. The summed E-state index contributed by atoms with van der Waals surface area (Å²) in [5, 5.41) is 15.0. The van der Waals surface area contributed by atoms with E-state index in [4.69, 9.17) is 0 Å². The van der Waals surface area contributed by atoms with Crippen LogP contribution >= 0.6 is 0 Å². The molecule has 1 atom stereocenters. The molecule has 1 unspecified atom stereocenters. The predicted molar refractivity (Wildman–Crippen MR) is 97.5 cm³/mol. The van der Waals surface area contributed by atoms with Crippen LogP contribution in [0.5, 0.6) is 0 Å². The van der Waals surface area contributed by atoms with E-state index in [0.29, 0.717) is 12.8 Å². The molecule has 0 aromatic heterocycles. The van der Waals surface area contributed by atoms with E-state index in [2.05, 4.69) is 11.9 Å². The van der Waals surface area contributed by atoms with E-state index in [0.717, 1.165) is 36.3 Å². The Labute approximate surface area is 149 Å². The second kappa shape index (κ2) is 9.81. The van der Waals surface area contributed by atoms with Crippen LogP contribution in [-0.4, -0.2) is 34.6 Å². The molecule has 1 aliphatic carbocycles. The second-order valence-electron chi connectivity index (χ2n) is 6.53. The third-order valence-electron chi connectivity index (χ3n) is 4.69. The Hall–Kier alpha value is -2.37. The van der Waals surface area contributed by atoms with Crippen molar-refractivity contribution in [2.45, 2.75) is 57.0 Å². The van der Waals surface area contributed by atoms with Crippen LogP contribution in [0.1, 0.15) is 44.1 Å². The zero-order valence-corrected chi connectivity index (χ0v) is 14.6. The molecule has 6 nitrogen and oxygen atoms in total. The Morgan fingerprint density at radius 2 is 2.00 bits per heavy atom. The van der Waals surface area contributed by atoms with Crippen LogP contribution < -0.4 is 5.32 Å². The molecule has 1 amide bonds. The Bertz CT molecular complexity index is 571. The average Bonchev–Trinajstić information content (AvgIpc) is 2.62. The van der Waals surface area contributed by atoms with Gasteiger partial charge in [0.05, 0.1) is 6.54 Å². The monoisotopic (exact) mass is 345 g/mol. The maximum Gasteiger partial charge on any atom is 0.248 e. The smallest absolute Gasteiger partial charge is 0.248 e. The minimum absolute atomic E-state index is 0.0462. The van der Waals surface area contributed by atoms with Crippen molar-refractivity contribution >= 4 is 5.91 Å². The highest BCUT2D eigenvalue weighted by Gasteiger charge is 2.33. The normalized spacial score (nSPS) is 16.0. The number of nitrogens with one attached hydrogen (secondary N) is 1. The zero-order chi connectivity index (χ0) is 18.1. The molecule has 0 aliphatic heterocycles. The van der Waals surface area contributed by atoms with Gasteiger partial charge in [0.15, 0.2) is 11.1 Å². The first-order valence-corrected chi connectivity index (χ1v) is 8.98. The average molecular weight is 345 g/mol. The van der Waals surface area contributed by atoms with Crippen LogP contribution in [0.25, 0.3) is 0 Å². The van der Waals surface area contributed by atoms with Crippen LogP contribution in [-0.2, 0) is 11.2 Å². The molecule has 1 fully saturated rings. The zero-order valence-electron chi connectivity index (χ0n) is 14.6. The lowest BCUT2D eigenvalue weighted by Crippen LogP contribution is -2.52. The fraction of sp³-hybridized carbons (Fsp3) is 0.526. The van der Waals surface area contributed by atoms with Gasteiger partial charge in [0.25, 0.3) is 0 Å². The molecule has 25 heavy (non-hydrogen) atoms. The molecule has 0 heterocycles. The lowest BCUT2D eigenvalue weighted by atomic mass is 9.95. The van der Waals surface area contributed by atoms with E-state index >= 15 is 0 Å². The van der Waals surface area contributed by atoms with Crippen LogP contribution in [0.4, 0.5) is 0 Å². The molecule has 2 rings (SSSR count). The fourth-order valence-corrected chi connectivity index (χ4v) is 3.35. The number of hydrogen-bond donors (Lipinski definition) is 1. The van der Waals surface area contributed by atoms with Gasteiger partial charge in [-0.2, -0.15) is 0 Å². The van der Waals surface area contributed by atoms with Gasteiger partial charge in [-0.15, -0.1) is 11.6 Å². The van der Waals surface area contributed by atoms with E-state index in [1.165, 1.54) is 12.5 Å². The third-order valence-corrected chi connectivity index (χ3v) is 4.69. The number of aryl methyl sites for hydroxylation is 1. The van der Waals surface area contributed by atoms with E-state index < -0.39 is 11.1 Å². The highest BCUT2D eigenvalue weighted by Crippen LogP contribution is 2.18. The predicted octanol–water partition coefficient (Wildman–Crippen LogP) is 3.12. The Kier molecular flexibility index (Phi) is 7.44. The van der Waals surface area contributed by atoms with Gasteiger partial charge in [-0.1, -0.05) is 55.7 Å². The lowest BCUT2D eigenvalue weighted by Gasteiger charge is -2.28. The summed E-state index contributed by atoms with van der Waals surface area (Å²) in [5.41, 5.74) is 1.07. The number of benzene rings is 1. The first kappa shape index (κ1) is 19.0. The summed E-state index contributed by atoms with van der Waals surface area (Å²) in [4.78, 5) is 24.2. The van der Waals surface area contributed by atoms with Gasteiger partial charge in [-0.05, 0) is 31.2 Å². The van der Waals surface area contributed by atoms with E-state index in [-0.39, 0.29) is 18.5 Å². The third kappa shape index (κ3) is 5.89. The van der Waals surface area contributed by atoms with Crippen molar-refractivity contribution in [2.24, 2.45) is 0 Å². The number of nitro groups is 1. The summed E-state index contributed by atoms with van der Waals surface area (Å²) < 4.78 is 0. The van der Waals surface area contributed by atoms with Gasteiger partial charge in [-0.3, -0.25) is 4.79 Å². The Morgan fingerprint density at radius 3 is 2.60 bits per heavy atom. The van der Waals surface area contributed by atoms with E-state index in [9.17, 15) is 14.9 Å². The molecule has 0 radical (unpaired) electrons. The highest BCUT2D eigenvalue weighted by molar-refractivity contribution is 5.81. The second-order valence-corrected chi connectivity index (χ2v) is 6.53. The number of amides is 1. The van der Waals surface area contributed by atoms with Gasteiger partial charge in [0.2, 0.25) is 5.91 Å². The van der Waals surface area contributed by atoms with Crippen molar-refractivity contribution in [1.82, 2.24) is 10.3 Å². The van der Waals surface area contributed by atoms with Gasteiger partial charge >= 0.3 is 0 Å². The Balaban J connectivity index is 2.07. The first-order valence-electron chi connectivity index (χ1n) is 8.98. The summed E-state index contributed by atoms with van der Waals surface area (Å²) >= 11 is 0. The molecule has 0 saturated heterocycles. The van der Waals surface area contributed by atoms with Crippen molar-refractivity contribution < 1.29 is 9.83 Å². The molecule has 1 N–H and O–H groups in total. The minimum Gasteiger partial charge on any atom is -0.351 e. The van der Waals surface area contributed by atoms with Crippen LogP contribution in [0.3, 0.4) is 0 Å². The number of hydrogen-bond acceptors (Lipinski definition) is 3. The summed E-state index contributed by atoms with van der Waals surface area (Å²) in [6.45, 7) is 3.63. The maximum absolute atomic E-state index is 12.8. The molecule has 1 saturated carbocycles. The van der Waals surface area contributed by atoms with Crippen molar-refractivity contribution in [3.05, 3.63) is 58.7 Å². The topological polar surface area (TPSA) is 75.5 Å². The van der Waals surface area contributed by atoms with Gasteiger partial charge in [0, 0.05) is 6.04 Å². The number of hydrazine groups is 1. The maximum atomic E-state index is 12.8. The molecule has 1 aromatic rings. The number of carbonyl (C=O) groups is 1. The minimum atomic E-state index is -0.796. The largest absolute Gasteiger partial charge is 0.351 e. The van der Waals surface area contributed by atoms with E-state index in [1.807, 2.05) is 30.3 Å². The standard InChI is InChI=1S/C19H27N3O3/c1-2-15-21(22(24)25)18(14-13-16-9-5-3-6-10-16)19(23)20-17-11-7-4-8-12-17/h2-3,5-6,9-10,17-18H,1,4,7-8,11-15H2,(H,20,23). The molecule has 1 aliphatic rings. The van der Waals surface area contributed by atoms with Crippen molar-refractivity contribution in [2.75, 3.05) is 6.54 Å². The fourth-order valence-electron chi connectivity index (χ4n) is 3.35. The summed E-state index contributed by atoms with van der Waals surface area (Å²) in [6.07, 6.45) is 7.79. The highest BCUT2D eigenvalue weighted by atomic mass is 16.7. The van der Waals surface area contributed by atoms with E-state index in [1.54, 1.807) is 0 Å². The quantitative estimate of drug-likeness (QED) is 0.424. The van der Waals surface area contributed by atoms with Crippen molar-refractivity contribution in [3.63, 3.8) is 0 Å². The molecule has 0 bridgehead atoms. The van der Waals surface area contributed by atoms with Crippen LogP contribution in [0.15, 0.2) is 43.0 Å². The molecule has 0 spiro atoms. The molecular weight excluding hydrogens is 318 g/mol. The van der Waals surface area contributed by atoms with Gasteiger partial charge in [0.1, 0.15) is 0 Å². The summed E-state index contributed by atoms with van der Waals surface area (Å²) in [7, 11) is 0. The molecular formula is C19H27N3O3. The molecule has 6 heteroatoms. The van der Waals surface area contributed by atoms with Gasteiger partial charge in [-0.25, -0.2) is 10.1 Å². The first-order chi connectivity index (χ1) is 12.1. The van der Waals surface area contributed by atoms with Crippen molar-refractivity contribution in [3.8, 4) is 0 Å². The molecule has 1 aromatic carbocycles. The number of nitrogens with zero attached hydrogens (tertiary/aromatic N) is 2. The lowest BCUT2D eigenvalue weighted by molar-refractivity contribution is -0.659. The number of carbonyl (C=O) groups excluding carboxylic acids is 1.